The van der Waals surface area contributed by atoms with E-state index in [4.69, 9.17) is 4.74 Å². The molecule has 0 atom stereocenters. The minimum absolute atomic E-state index is 0.130. The van der Waals surface area contributed by atoms with Gasteiger partial charge in [-0.2, -0.15) is 0 Å². The lowest BCUT2D eigenvalue weighted by molar-refractivity contribution is -0.113. The summed E-state index contributed by atoms with van der Waals surface area (Å²) in [4.78, 5) is 24.4. The lowest BCUT2D eigenvalue weighted by Crippen LogP contribution is -2.14. The summed E-state index contributed by atoms with van der Waals surface area (Å²) in [7, 11) is 1.58. The first kappa shape index (κ1) is 17.8. The first-order chi connectivity index (χ1) is 13.2. The molecule has 0 fully saturated rings. The monoisotopic (exact) mass is 442 g/mol. The van der Waals surface area contributed by atoms with Crippen LogP contribution in [0.3, 0.4) is 0 Å². The third kappa shape index (κ3) is 3.63. The number of hydrogen-bond acceptors (Lipinski definition) is 5. The highest BCUT2D eigenvalue weighted by molar-refractivity contribution is 9.10. The van der Waals surface area contributed by atoms with Gasteiger partial charge in [0.05, 0.1) is 24.1 Å². The smallest absolute Gasteiger partial charge is 0.234 e. The molecular weight excluding hydrogens is 428 g/mol. The number of carbonyl (C=O) groups is 1. The molecule has 0 aliphatic rings. The summed E-state index contributed by atoms with van der Waals surface area (Å²) >= 11 is 4.85. The van der Waals surface area contributed by atoms with E-state index in [1.807, 2.05) is 30.3 Å². The predicted molar refractivity (Wildman–Crippen MR) is 111 cm³/mol. The van der Waals surface area contributed by atoms with Crippen LogP contribution in [0.25, 0.3) is 21.9 Å². The number of carbonyl (C=O) groups excluding carboxylic acids is 1. The molecule has 2 heterocycles. The Morgan fingerprint density at radius 2 is 2.11 bits per heavy atom. The van der Waals surface area contributed by atoms with Crippen LogP contribution in [0.1, 0.15) is 0 Å². The first-order valence-electron chi connectivity index (χ1n) is 8.13. The number of thioether (sulfide) groups is 1. The molecule has 0 aliphatic carbocycles. The van der Waals surface area contributed by atoms with Crippen molar-refractivity contribution in [3.63, 3.8) is 0 Å². The molecule has 8 heteroatoms. The Morgan fingerprint density at radius 3 is 2.96 bits per heavy atom. The lowest BCUT2D eigenvalue weighted by Gasteiger charge is -2.09. The number of anilines is 1. The van der Waals surface area contributed by atoms with Crippen LogP contribution < -0.4 is 10.1 Å². The van der Waals surface area contributed by atoms with Crippen molar-refractivity contribution >= 4 is 61.2 Å². The zero-order chi connectivity index (χ0) is 18.8. The zero-order valence-corrected chi connectivity index (χ0v) is 16.7. The van der Waals surface area contributed by atoms with E-state index in [1.54, 1.807) is 19.2 Å². The Labute approximate surface area is 167 Å². The van der Waals surface area contributed by atoms with Crippen LogP contribution in [-0.2, 0) is 4.79 Å². The molecule has 27 heavy (non-hydrogen) atoms. The number of benzene rings is 2. The Morgan fingerprint density at radius 1 is 1.26 bits per heavy atom. The van der Waals surface area contributed by atoms with Gasteiger partial charge in [0.25, 0.3) is 0 Å². The second kappa shape index (κ2) is 7.58. The van der Waals surface area contributed by atoms with Gasteiger partial charge >= 0.3 is 0 Å². The second-order valence-corrected chi connectivity index (χ2v) is 7.63. The number of ether oxygens (including phenoxy) is 1. The molecule has 0 aliphatic heterocycles. The zero-order valence-electron chi connectivity index (χ0n) is 14.3. The van der Waals surface area contributed by atoms with Gasteiger partial charge in [0, 0.05) is 15.4 Å². The molecule has 0 saturated heterocycles. The average molecular weight is 443 g/mol. The highest BCUT2D eigenvalue weighted by Gasteiger charge is 2.13. The fraction of sp³-hybridized carbons (Fsp3) is 0.105. The number of methoxy groups -OCH3 is 1. The number of H-pyrrole nitrogens is 1. The molecule has 0 bridgehead atoms. The molecule has 2 N–H and O–H groups in total. The molecule has 4 aromatic rings. The summed E-state index contributed by atoms with van der Waals surface area (Å²) in [5, 5.41) is 4.62. The number of rotatable bonds is 5. The Balaban J connectivity index is 1.55. The molecule has 1 amide bonds. The molecular formula is C19H15BrN4O2S. The second-order valence-electron chi connectivity index (χ2n) is 5.75. The van der Waals surface area contributed by atoms with Crippen molar-refractivity contribution in [3.05, 3.63) is 53.3 Å². The highest BCUT2D eigenvalue weighted by atomic mass is 79.9. The van der Waals surface area contributed by atoms with Gasteiger partial charge in [-0.05, 0) is 30.3 Å². The highest BCUT2D eigenvalue weighted by Crippen LogP contribution is 2.31. The van der Waals surface area contributed by atoms with Gasteiger partial charge in [0.2, 0.25) is 5.91 Å². The van der Waals surface area contributed by atoms with Crippen LogP contribution in [0.2, 0.25) is 0 Å². The number of aromatic amines is 1. The molecule has 2 aromatic heterocycles. The largest absolute Gasteiger partial charge is 0.495 e. The minimum atomic E-state index is -0.130. The van der Waals surface area contributed by atoms with Crippen molar-refractivity contribution in [2.24, 2.45) is 0 Å². The van der Waals surface area contributed by atoms with E-state index in [0.717, 1.165) is 31.4 Å². The summed E-state index contributed by atoms with van der Waals surface area (Å²) in [5.74, 6) is 0.722. The van der Waals surface area contributed by atoms with Gasteiger partial charge in [-0.15, -0.1) is 0 Å². The third-order valence-electron chi connectivity index (χ3n) is 4.03. The third-order valence-corrected chi connectivity index (χ3v) is 5.51. The molecule has 2 aromatic carbocycles. The molecule has 6 nitrogen and oxygen atoms in total. The summed E-state index contributed by atoms with van der Waals surface area (Å²) in [6.07, 6.45) is 1.52. The predicted octanol–water partition coefficient (Wildman–Crippen LogP) is 4.61. The molecule has 0 unspecified atom stereocenters. The van der Waals surface area contributed by atoms with Crippen molar-refractivity contribution in [1.82, 2.24) is 15.0 Å². The maximum absolute atomic E-state index is 12.4. The number of nitrogens with one attached hydrogen (secondary N) is 2. The van der Waals surface area contributed by atoms with Crippen LogP contribution in [0.15, 0.2) is 58.3 Å². The molecule has 136 valence electrons. The summed E-state index contributed by atoms with van der Waals surface area (Å²) in [6.45, 7) is 0. The van der Waals surface area contributed by atoms with E-state index in [1.165, 1.54) is 18.1 Å². The minimum Gasteiger partial charge on any atom is -0.495 e. The average Bonchev–Trinajstić information content (AvgIpc) is 3.05. The number of halogens is 1. The van der Waals surface area contributed by atoms with Gasteiger partial charge in [-0.3, -0.25) is 4.79 Å². The number of aromatic nitrogens is 3. The van der Waals surface area contributed by atoms with Gasteiger partial charge in [0.1, 0.15) is 22.6 Å². The van der Waals surface area contributed by atoms with Crippen molar-refractivity contribution in [3.8, 4) is 5.75 Å². The molecule has 4 rings (SSSR count). The number of amides is 1. The van der Waals surface area contributed by atoms with E-state index >= 15 is 0 Å². The van der Waals surface area contributed by atoms with Crippen LogP contribution in [-0.4, -0.2) is 33.7 Å². The van der Waals surface area contributed by atoms with E-state index in [9.17, 15) is 4.79 Å². The lowest BCUT2D eigenvalue weighted by atomic mass is 10.2. The quantitative estimate of drug-likeness (QED) is 0.348. The first-order valence-corrected chi connectivity index (χ1v) is 9.91. The van der Waals surface area contributed by atoms with Gasteiger partial charge in [-0.1, -0.05) is 39.8 Å². The number of para-hydroxylation sites is 2. The van der Waals surface area contributed by atoms with Crippen molar-refractivity contribution < 1.29 is 9.53 Å². The van der Waals surface area contributed by atoms with Crippen LogP contribution in [0, 0.1) is 0 Å². The summed E-state index contributed by atoms with van der Waals surface area (Å²) in [5.41, 5.74) is 3.30. The SMILES string of the molecule is COc1ccccc1NC(=O)CSc1ncnc2c1[nH]c1ccc(Br)cc12. The Bertz CT molecular complexity index is 1150. The van der Waals surface area contributed by atoms with Crippen molar-refractivity contribution in [2.75, 3.05) is 18.2 Å². The molecule has 0 radical (unpaired) electrons. The number of hydrogen-bond donors (Lipinski definition) is 2. The Kier molecular flexibility index (Phi) is 5.00. The van der Waals surface area contributed by atoms with Gasteiger partial charge in [0.15, 0.2) is 0 Å². The van der Waals surface area contributed by atoms with E-state index in [0.29, 0.717) is 11.4 Å². The maximum Gasteiger partial charge on any atom is 0.234 e. The van der Waals surface area contributed by atoms with Crippen LogP contribution in [0.4, 0.5) is 5.69 Å². The van der Waals surface area contributed by atoms with Crippen LogP contribution >= 0.6 is 27.7 Å². The summed E-state index contributed by atoms with van der Waals surface area (Å²) < 4.78 is 6.25. The van der Waals surface area contributed by atoms with Crippen molar-refractivity contribution in [2.45, 2.75) is 5.03 Å². The normalized spacial score (nSPS) is 11.0. The number of fused-ring (bicyclic) bond motifs is 3. The Hall–Kier alpha value is -2.58. The number of nitrogens with zero attached hydrogens (tertiary/aromatic N) is 2. The van der Waals surface area contributed by atoms with Gasteiger partial charge in [-0.25, -0.2) is 9.97 Å². The summed E-state index contributed by atoms with van der Waals surface area (Å²) in [6, 6.07) is 13.3. The van der Waals surface area contributed by atoms with E-state index in [-0.39, 0.29) is 11.7 Å². The fourth-order valence-corrected chi connectivity index (χ4v) is 3.93. The molecule has 0 saturated carbocycles. The maximum atomic E-state index is 12.4. The fourth-order valence-electron chi connectivity index (χ4n) is 2.82. The van der Waals surface area contributed by atoms with Crippen LogP contribution in [0.5, 0.6) is 5.75 Å². The van der Waals surface area contributed by atoms with E-state index < -0.39 is 0 Å². The standard InChI is InChI=1S/C19H15BrN4O2S/c1-26-15-5-3-2-4-14(15)23-16(25)9-27-19-18-17(21-10-22-19)12-8-11(20)6-7-13(12)24-18/h2-8,10,24H,9H2,1H3,(H,23,25). The topological polar surface area (TPSA) is 79.9 Å². The van der Waals surface area contributed by atoms with Crippen molar-refractivity contribution in [1.29, 1.82) is 0 Å². The van der Waals surface area contributed by atoms with Gasteiger partial charge < -0.3 is 15.0 Å². The molecule has 0 spiro atoms. The van der Waals surface area contributed by atoms with E-state index in [2.05, 4.69) is 36.2 Å².